The molecule has 0 aliphatic carbocycles. The van der Waals surface area contributed by atoms with E-state index in [1.54, 1.807) is 6.92 Å². The van der Waals surface area contributed by atoms with Gasteiger partial charge in [0.2, 0.25) is 5.96 Å². The van der Waals surface area contributed by atoms with Gasteiger partial charge in [0.1, 0.15) is 4.90 Å². The van der Waals surface area contributed by atoms with Gasteiger partial charge < -0.3 is 5.32 Å². The maximum absolute atomic E-state index is 12.2. The van der Waals surface area contributed by atoms with Gasteiger partial charge in [-0.1, -0.05) is 19.4 Å². The maximum Gasteiger partial charge on any atom is 0.266 e. The molecule has 0 saturated carbocycles. The van der Waals surface area contributed by atoms with E-state index in [0.29, 0.717) is 23.1 Å². The van der Waals surface area contributed by atoms with E-state index in [-0.39, 0.29) is 0 Å². The normalized spacial score (nSPS) is 18.6. The SMILES string of the molecule is CCCCN=C1Nc2cc(C)cc(C)c2S(=O)(=O)N1. The Bertz CT molecular complexity index is 621. The molecule has 0 spiro atoms. The third-order valence-electron chi connectivity index (χ3n) is 2.95. The highest BCUT2D eigenvalue weighted by atomic mass is 32.2. The summed E-state index contributed by atoms with van der Waals surface area (Å²) in [5.74, 6) is 0.311. The van der Waals surface area contributed by atoms with Crippen LogP contribution >= 0.6 is 0 Å². The first-order valence-electron chi connectivity index (χ1n) is 6.39. The Labute approximate surface area is 114 Å². The average Bonchev–Trinajstić information content (AvgIpc) is 2.26. The standard InChI is InChI=1S/C13H19N3O2S/c1-4-5-6-14-13-15-11-8-9(2)7-10(3)12(11)19(17,18)16-13/h7-8H,4-6H2,1-3H3,(H2,14,15,16). The molecule has 0 amide bonds. The minimum atomic E-state index is -3.52. The Morgan fingerprint density at radius 2 is 2.00 bits per heavy atom. The van der Waals surface area contributed by atoms with Crippen molar-refractivity contribution >= 4 is 21.7 Å². The van der Waals surface area contributed by atoms with Crippen LogP contribution in [0.4, 0.5) is 5.69 Å². The summed E-state index contributed by atoms with van der Waals surface area (Å²) in [6, 6.07) is 3.69. The molecule has 0 unspecified atom stereocenters. The molecule has 0 radical (unpaired) electrons. The van der Waals surface area contributed by atoms with Crippen molar-refractivity contribution < 1.29 is 8.42 Å². The van der Waals surface area contributed by atoms with Crippen LogP contribution in [-0.4, -0.2) is 20.9 Å². The highest BCUT2D eigenvalue weighted by Crippen LogP contribution is 2.29. The van der Waals surface area contributed by atoms with Crippen molar-refractivity contribution in [2.45, 2.75) is 38.5 Å². The summed E-state index contributed by atoms with van der Waals surface area (Å²) in [4.78, 5) is 4.55. The Balaban J connectivity index is 2.42. The quantitative estimate of drug-likeness (QED) is 0.834. The molecule has 104 valence electrons. The predicted octanol–water partition coefficient (Wildman–Crippen LogP) is 2.16. The second-order valence-corrected chi connectivity index (χ2v) is 6.39. The molecule has 0 atom stereocenters. The molecule has 2 rings (SSSR count). The Kier molecular flexibility index (Phi) is 3.80. The number of anilines is 1. The minimum absolute atomic E-state index is 0.311. The summed E-state index contributed by atoms with van der Waals surface area (Å²) in [5, 5.41) is 3.05. The summed E-state index contributed by atoms with van der Waals surface area (Å²) in [6.45, 7) is 6.42. The van der Waals surface area contributed by atoms with Crippen molar-refractivity contribution in [3.05, 3.63) is 23.3 Å². The van der Waals surface area contributed by atoms with E-state index in [0.717, 1.165) is 24.0 Å². The molecule has 19 heavy (non-hydrogen) atoms. The second kappa shape index (κ2) is 5.21. The molecular weight excluding hydrogens is 262 g/mol. The molecule has 6 heteroatoms. The number of fused-ring (bicyclic) bond motifs is 1. The maximum atomic E-state index is 12.2. The molecule has 1 aliphatic rings. The Morgan fingerprint density at radius 3 is 2.68 bits per heavy atom. The zero-order chi connectivity index (χ0) is 14.0. The van der Waals surface area contributed by atoms with Gasteiger partial charge in [-0.3, -0.25) is 4.99 Å². The van der Waals surface area contributed by atoms with Crippen LogP contribution in [0.25, 0.3) is 0 Å². The smallest absolute Gasteiger partial charge is 0.266 e. The summed E-state index contributed by atoms with van der Waals surface area (Å²) in [7, 11) is -3.52. The molecule has 1 aliphatic heterocycles. The van der Waals surface area contributed by atoms with Crippen molar-refractivity contribution in [3.63, 3.8) is 0 Å². The van der Waals surface area contributed by atoms with E-state index in [1.807, 2.05) is 19.1 Å². The number of aliphatic imine (C=N–C) groups is 1. The lowest BCUT2D eigenvalue weighted by molar-refractivity contribution is 0.591. The largest absolute Gasteiger partial charge is 0.324 e. The number of sulfonamides is 1. The fraction of sp³-hybridized carbons (Fsp3) is 0.462. The summed E-state index contributed by atoms with van der Waals surface area (Å²) >= 11 is 0. The number of rotatable bonds is 3. The molecule has 0 bridgehead atoms. The van der Waals surface area contributed by atoms with E-state index >= 15 is 0 Å². The third-order valence-corrected chi connectivity index (χ3v) is 4.49. The monoisotopic (exact) mass is 281 g/mol. The molecule has 1 heterocycles. The van der Waals surface area contributed by atoms with Gasteiger partial charge in [-0.25, -0.2) is 13.1 Å². The molecule has 0 fully saturated rings. The number of guanidine groups is 1. The van der Waals surface area contributed by atoms with Crippen LogP contribution < -0.4 is 10.0 Å². The summed E-state index contributed by atoms with van der Waals surface area (Å²) < 4.78 is 26.9. The first kappa shape index (κ1) is 13.9. The van der Waals surface area contributed by atoms with Gasteiger partial charge in [0.05, 0.1) is 5.69 Å². The Hall–Kier alpha value is -1.56. The number of aryl methyl sites for hydroxylation is 2. The lowest BCUT2D eigenvalue weighted by Gasteiger charge is -2.23. The van der Waals surface area contributed by atoms with E-state index in [4.69, 9.17) is 0 Å². The molecular formula is C13H19N3O2S. The average molecular weight is 281 g/mol. The summed E-state index contributed by atoms with van der Waals surface area (Å²) in [5.41, 5.74) is 2.36. The van der Waals surface area contributed by atoms with E-state index in [9.17, 15) is 8.42 Å². The van der Waals surface area contributed by atoms with Crippen LogP contribution in [0.5, 0.6) is 0 Å². The molecule has 0 aromatic heterocycles. The van der Waals surface area contributed by atoms with Crippen LogP contribution in [0, 0.1) is 13.8 Å². The van der Waals surface area contributed by atoms with Crippen molar-refractivity contribution in [1.82, 2.24) is 4.72 Å². The minimum Gasteiger partial charge on any atom is -0.324 e. The molecule has 1 aromatic carbocycles. The van der Waals surface area contributed by atoms with Crippen LogP contribution in [0.15, 0.2) is 22.0 Å². The Morgan fingerprint density at radius 1 is 1.26 bits per heavy atom. The van der Waals surface area contributed by atoms with Gasteiger partial charge in [0, 0.05) is 6.54 Å². The van der Waals surface area contributed by atoms with Gasteiger partial charge in [0.25, 0.3) is 10.0 Å². The number of hydrogen-bond acceptors (Lipinski definition) is 3. The van der Waals surface area contributed by atoms with E-state index in [1.165, 1.54) is 0 Å². The highest BCUT2D eigenvalue weighted by molar-refractivity contribution is 7.90. The van der Waals surface area contributed by atoms with Gasteiger partial charge >= 0.3 is 0 Å². The molecule has 0 saturated heterocycles. The first-order valence-corrected chi connectivity index (χ1v) is 7.88. The summed E-state index contributed by atoms with van der Waals surface area (Å²) in [6.07, 6.45) is 1.96. The van der Waals surface area contributed by atoms with E-state index in [2.05, 4.69) is 22.0 Å². The van der Waals surface area contributed by atoms with Crippen LogP contribution in [0.3, 0.4) is 0 Å². The zero-order valence-electron chi connectivity index (χ0n) is 11.4. The van der Waals surface area contributed by atoms with Crippen molar-refractivity contribution in [3.8, 4) is 0 Å². The van der Waals surface area contributed by atoms with Crippen molar-refractivity contribution in [2.75, 3.05) is 11.9 Å². The predicted molar refractivity (Wildman–Crippen MR) is 77.1 cm³/mol. The molecule has 2 N–H and O–H groups in total. The van der Waals surface area contributed by atoms with Crippen molar-refractivity contribution in [1.29, 1.82) is 0 Å². The highest BCUT2D eigenvalue weighted by Gasteiger charge is 2.28. The second-order valence-electron chi connectivity index (χ2n) is 4.77. The zero-order valence-corrected chi connectivity index (χ0v) is 12.3. The number of benzene rings is 1. The van der Waals surface area contributed by atoms with Crippen LogP contribution in [0.2, 0.25) is 0 Å². The molecule has 1 aromatic rings. The lowest BCUT2D eigenvalue weighted by atomic mass is 10.1. The van der Waals surface area contributed by atoms with Crippen LogP contribution in [-0.2, 0) is 10.0 Å². The first-order chi connectivity index (χ1) is 8.94. The topological polar surface area (TPSA) is 70.6 Å². The van der Waals surface area contributed by atoms with Gasteiger partial charge in [-0.05, 0) is 37.5 Å². The fourth-order valence-electron chi connectivity index (χ4n) is 2.16. The van der Waals surface area contributed by atoms with Crippen molar-refractivity contribution in [2.24, 2.45) is 4.99 Å². The number of nitrogens with one attached hydrogen (secondary N) is 2. The number of unbranched alkanes of at least 4 members (excludes halogenated alkanes) is 1. The van der Waals surface area contributed by atoms with Gasteiger partial charge in [-0.15, -0.1) is 0 Å². The fourth-order valence-corrected chi connectivity index (χ4v) is 3.51. The number of hydrogen-bond donors (Lipinski definition) is 2. The van der Waals surface area contributed by atoms with Gasteiger partial charge in [0.15, 0.2) is 0 Å². The van der Waals surface area contributed by atoms with Gasteiger partial charge in [-0.2, -0.15) is 0 Å². The number of nitrogens with zero attached hydrogens (tertiary/aromatic N) is 1. The third kappa shape index (κ3) is 2.89. The van der Waals surface area contributed by atoms with E-state index < -0.39 is 10.0 Å². The lowest BCUT2D eigenvalue weighted by Crippen LogP contribution is -2.41. The van der Waals surface area contributed by atoms with Crippen LogP contribution in [0.1, 0.15) is 30.9 Å². The molecule has 5 nitrogen and oxygen atoms in total.